The number of ether oxygens (including phenoxy) is 4. The first kappa shape index (κ1) is 39.3. The highest BCUT2D eigenvalue weighted by Gasteiger charge is 2.61. The minimum absolute atomic E-state index is 0.0541. The Labute approximate surface area is 343 Å². The van der Waals surface area contributed by atoms with Crippen molar-refractivity contribution in [3.63, 3.8) is 0 Å². The number of carbonyl (C=O) groups excluding carboxylic acids is 3. The molecular weight excluding hydrogens is 766 g/mol. The van der Waals surface area contributed by atoms with Crippen molar-refractivity contribution in [1.82, 2.24) is 25.4 Å². The van der Waals surface area contributed by atoms with Crippen molar-refractivity contribution in [1.29, 1.82) is 0 Å². The molecule has 4 saturated carbocycles. The molecule has 0 spiro atoms. The van der Waals surface area contributed by atoms with Crippen LogP contribution in [0, 0.1) is 17.8 Å². The Morgan fingerprint density at radius 1 is 1.02 bits per heavy atom. The van der Waals surface area contributed by atoms with Crippen LogP contribution in [0.4, 0.5) is 4.79 Å². The van der Waals surface area contributed by atoms with E-state index >= 15 is 0 Å². The molecule has 4 heterocycles. The molecule has 1 aromatic heterocycles. The Hall–Kier alpha value is -4.14. The lowest BCUT2D eigenvalue weighted by atomic mass is 10.0. The number of halogens is 1. The van der Waals surface area contributed by atoms with E-state index < -0.39 is 47.6 Å². The molecule has 1 unspecified atom stereocenters. The van der Waals surface area contributed by atoms with E-state index in [1.807, 2.05) is 30.4 Å². The molecule has 8 atom stereocenters. The van der Waals surface area contributed by atoms with Gasteiger partial charge in [0.2, 0.25) is 11.8 Å². The fourth-order valence-electron chi connectivity index (χ4n) is 9.54. The monoisotopic (exact) mass is 819 g/mol. The lowest BCUT2D eigenvalue weighted by molar-refractivity contribution is -0.145. The van der Waals surface area contributed by atoms with Gasteiger partial charge in [0, 0.05) is 55.0 Å². The largest absolute Gasteiger partial charge is 0.491 e. The third-order valence-corrected chi connectivity index (χ3v) is 13.7. The number of pyridine rings is 1. The molecule has 9 rings (SSSR count). The average Bonchev–Trinajstić information content (AvgIpc) is 4.18. The molecule has 2 saturated heterocycles. The summed E-state index contributed by atoms with van der Waals surface area (Å²) in [4.78, 5) is 63.5. The van der Waals surface area contributed by atoms with Crippen LogP contribution in [0.2, 0.25) is 5.02 Å². The maximum absolute atomic E-state index is 14.6. The second kappa shape index (κ2) is 16.5. The van der Waals surface area contributed by atoms with Gasteiger partial charge in [0.25, 0.3) is 0 Å². The number of benzene rings is 1. The SMILES string of the molecule is O=C(N[C@H]1CCCCC/C=C\[C@@H]2C[C@@]2(C(=O)O)NC(=O)[C@@H]2C[C@@H](Oc3cc(C4CC4)nc4c(Cl)c(OCCN5CCOCC5)ccc34)CN2C1=O)OC1C[C@@H]2C[C@@H]2C1. The van der Waals surface area contributed by atoms with Gasteiger partial charge in [0.1, 0.15) is 53.0 Å². The summed E-state index contributed by atoms with van der Waals surface area (Å²) in [5.74, 6) is 0.181. The molecule has 2 aromatic rings. The van der Waals surface area contributed by atoms with Gasteiger partial charge in [-0.1, -0.05) is 36.6 Å². The van der Waals surface area contributed by atoms with Crippen LogP contribution in [0.15, 0.2) is 30.4 Å². The van der Waals surface area contributed by atoms with Crippen molar-refractivity contribution in [2.75, 3.05) is 46.0 Å². The third kappa shape index (κ3) is 8.47. The quantitative estimate of drug-likeness (QED) is 0.270. The number of amides is 3. The number of alkyl carbamates (subject to hydrolysis) is 1. The highest BCUT2D eigenvalue weighted by Crippen LogP contribution is 2.52. The Morgan fingerprint density at radius 2 is 1.83 bits per heavy atom. The number of nitrogens with zero attached hydrogens (tertiary/aromatic N) is 3. The highest BCUT2D eigenvalue weighted by molar-refractivity contribution is 6.36. The average molecular weight is 820 g/mol. The number of allylic oxidation sites excluding steroid dienone is 1. The van der Waals surface area contributed by atoms with Gasteiger partial charge in [0.05, 0.1) is 25.3 Å². The van der Waals surface area contributed by atoms with Crippen LogP contribution in [0.1, 0.15) is 88.7 Å². The molecule has 0 radical (unpaired) electrons. The molecule has 7 aliphatic rings. The predicted octanol–water partition coefficient (Wildman–Crippen LogP) is 5.20. The van der Waals surface area contributed by atoms with E-state index in [0.29, 0.717) is 71.9 Å². The number of carboxylic acids is 1. The molecule has 6 fully saturated rings. The van der Waals surface area contributed by atoms with Gasteiger partial charge in [-0.15, -0.1) is 0 Å². The molecule has 58 heavy (non-hydrogen) atoms. The number of hydrogen-bond donors (Lipinski definition) is 3. The van der Waals surface area contributed by atoms with E-state index in [1.165, 1.54) is 11.3 Å². The number of hydrogen-bond acceptors (Lipinski definition) is 10. The van der Waals surface area contributed by atoms with Crippen molar-refractivity contribution in [2.24, 2.45) is 17.8 Å². The van der Waals surface area contributed by atoms with Crippen LogP contribution >= 0.6 is 11.6 Å². The van der Waals surface area contributed by atoms with Crippen LogP contribution < -0.4 is 20.1 Å². The van der Waals surface area contributed by atoms with E-state index in [0.717, 1.165) is 70.3 Å². The summed E-state index contributed by atoms with van der Waals surface area (Å²) in [6.45, 7) is 4.40. The highest BCUT2D eigenvalue weighted by atomic mass is 35.5. The molecule has 15 heteroatoms. The number of rotatable bonds is 10. The van der Waals surface area contributed by atoms with Crippen molar-refractivity contribution in [2.45, 2.75) is 113 Å². The van der Waals surface area contributed by atoms with Gasteiger partial charge < -0.3 is 39.6 Å². The lowest BCUT2D eigenvalue weighted by Gasteiger charge is -2.29. The van der Waals surface area contributed by atoms with E-state index in [4.69, 9.17) is 35.5 Å². The van der Waals surface area contributed by atoms with Crippen LogP contribution in [0.5, 0.6) is 11.5 Å². The molecule has 0 bridgehead atoms. The summed E-state index contributed by atoms with van der Waals surface area (Å²) >= 11 is 7.01. The zero-order valence-corrected chi connectivity index (χ0v) is 33.6. The minimum Gasteiger partial charge on any atom is -0.491 e. The van der Waals surface area contributed by atoms with E-state index in [2.05, 4.69) is 15.5 Å². The molecule has 3 N–H and O–H groups in total. The molecule has 14 nitrogen and oxygen atoms in total. The van der Waals surface area contributed by atoms with Crippen molar-refractivity contribution < 1.29 is 43.2 Å². The predicted molar refractivity (Wildman–Crippen MR) is 213 cm³/mol. The van der Waals surface area contributed by atoms with E-state index in [1.54, 1.807) is 0 Å². The first-order valence-corrected chi connectivity index (χ1v) is 21.8. The van der Waals surface area contributed by atoms with E-state index in [9.17, 15) is 24.3 Å². The molecule has 4 aliphatic carbocycles. The summed E-state index contributed by atoms with van der Waals surface area (Å²) in [6.07, 6.45) is 11.2. The molecule has 1 aromatic carbocycles. The number of carbonyl (C=O) groups is 4. The second-order valence-electron chi connectivity index (χ2n) is 17.5. The first-order valence-electron chi connectivity index (χ1n) is 21.4. The number of aromatic nitrogens is 1. The van der Waals surface area contributed by atoms with Crippen molar-refractivity contribution >= 4 is 46.4 Å². The smallest absolute Gasteiger partial charge is 0.408 e. The van der Waals surface area contributed by atoms with Crippen LogP contribution in [0.25, 0.3) is 10.9 Å². The normalized spacial score (nSPS) is 33.1. The maximum atomic E-state index is 14.6. The maximum Gasteiger partial charge on any atom is 0.408 e. The number of morpholine rings is 1. The van der Waals surface area contributed by atoms with Crippen molar-refractivity contribution in [3.8, 4) is 11.5 Å². The summed E-state index contributed by atoms with van der Waals surface area (Å²) in [5, 5.41) is 17.1. The Bertz CT molecular complexity index is 1940. The van der Waals surface area contributed by atoms with Crippen LogP contribution in [-0.2, 0) is 23.9 Å². The topological polar surface area (TPSA) is 169 Å². The fraction of sp³-hybridized carbons (Fsp3) is 0.651. The number of nitrogens with one attached hydrogen (secondary N) is 2. The standard InChI is InChI=1S/C43H54ClN5O9/c44-37-35(56-17-14-48-12-15-55-16-13-48)11-10-31-36(22-33(25-8-9-25)45-38(31)37)57-30-21-34-39(50)47-43(41(52)53)23-28(43)6-4-2-1-3-5-7-32(40(51)49(34)24-30)46-42(54)58-29-19-26-18-27(26)20-29/h4,6,10-11,22,25-30,32,34H,1-3,5,7-9,12-21,23-24H2,(H,46,54)(H,47,50)(H,52,53)/b6-4-/t26-,27+,28-,29?,30-,32+,34+,43-/m1/s1. The molecular formula is C43H54ClN5O9. The van der Waals surface area contributed by atoms with Crippen LogP contribution in [-0.4, -0.2) is 120 Å². The summed E-state index contributed by atoms with van der Waals surface area (Å²) in [5.41, 5.74) is -0.0235. The Balaban J connectivity index is 0.970. The summed E-state index contributed by atoms with van der Waals surface area (Å²) in [6, 6.07) is 3.68. The van der Waals surface area contributed by atoms with Gasteiger partial charge in [0.15, 0.2) is 0 Å². The zero-order valence-electron chi connectivity index (χ0n) is 32.9. The van der Waals surface area contributed by atoms with Crippen LogP contribution in [0.3, 0.4) is 0 Å². The van der Waals surface area contributed by atoms with Crippen molar-refractivity contribution in [3.05, 3.63) is 41.1 Å². The molecule has 3 aliphatic heterocycles. The van der Waals surface area contributed by atoms with Gasteiger partial charge in [-0.25, -0.2) is 9.59 Å². The summed E-state index contributed by atoms with van der Waals surface area (Å²) in [7, 11) is 0. The first-order chi connectivity index (χ1) is 28.1. The fourth-order valence-corrected chi connectivity index (χ4v) is 9.81. The number of carboxylic acid groups (broad SMARTS) is 1. The van der Waals surface area contributed by atoms with Gasteiger partial charge in [-0.2, -0.15) is 0 Å². The minimum atomic E-state index is -1.44. The Morgan fingerprint density at radius 3 is 2.60 bits per heavy atom. The number of aliphatic carboxylic acids is 1. The van der Waals surface area contributed by atoms with Gasteiger partial charge in [-0.05, 0) is 81.8 Å². The number of fused-ring (bicyclic) bond motifs is 4. The second-order valence-corrected chi connectivity index (χ2v) is 17.8. The molecule has 312 valence electrons. The molecule has 3 amide bonds. The lowest BCUT2D eigenvalue weighted by Crippen LogP contribution is -2.56. The Kier molecular flexibility index (Phi) is 11.2. The third-order valence-electron chi connectivity index (χ3n) is 13.3. The van der Waals surface area contributed by atoms with E-state index in [-0.39, 0.29) is 37.3 Å². The summed E-state index contributed by atoms with van der Waals surface area (Å²) < 4.78 is 24.2. The van der Waals surface area contributed by atoms with Gasteiger partial charge >= 0.3 is 12.1 Å². The van der Waals surface area contributed by atoms with Gasteiger partial charge in [-0.3, -0.25) is 19.5 Å². The zero-order chi connectivity index (χ0) is 40.0.